The van der Waals surface area contributed by atoms with E-state index in [1.165, 1.54) is 12.1 Å². The van der Waals surface area contributed by atoms with Crippen LogP contribution in [0.2, 0.25) is 0 Å². The van der Waals surface area contributed by atoms with Crippen LogP contribution in [0.5, 0.6) is 0 Å². The third-order valence-electron chi connectivity index (χ3n) is 3.69. The molecule has 2 amide bonds. The summed E-state index contributed by atoms with van der Waals surface area (Å²) in [5.41, 5.74) is 2.26. The Balaban J connectivity index is 1.62. The molecule has 2 rings (SSSR count). The van der Waals surface area contributed by atoms with Gasteiger partial charge in [-0.25, -0.2) is 4.39 Å². The smallest absolute Gasteiger partial charge is 0.325 e. The number of halogens is 1. The number of ether oxygens (including phenoxy) is 1. The lowest BCUT2D eigenvalue weighted by molar-refractivity contribution is -0.147. The topological polar surface area (TPSA) is 84.5 Å². The summed E-state index contributed by atoms with van der Waals surface area (Å²) in [7, 11) is 0. The average molecular weight is 372 g/mol. The van der Waals surface area contributed by atoms with E-state index in [-0.39, 0.29) is 18.3 Å². The fourth-order valence-electron chi connectivity index (χ4n) is 2.29. The highest BCUT2D eigenvalue weighted by Crippen LogP contribution is 2.04. The zero-order valence-electron chi connectivity index (χ0n) is 15.0. The number of nitrogens with one attached hydrogen (secondary N) is 2. The zero-order valence-corrected chi connectivity index (χ0v) is 15.0. The van der Waals surface area contributed by atoms with E-state index in [2.05, 4.69) is 10.6 Å². The maximum absolute atomic E-state index is 12.8. The van der Waals surface area contributed by atoms with Crippen molar-refractivity contribution in [1.82, 2.24) is 10.6 Å². The molecule has 0 saturated carbocycles. The lowest BCUT2D eigenvalue weighted by Gasteiger charge is -2.08. The first-order valence-corrected chi connectivity index (χ1v) is 8.45. The Morgan fingerprint density at radius 1 is 1.04 bits per heavy atom. The molecule has 2 aromatic carbocycles. The van der Waals surface area contributed by atoms with Crippen molar-refractivity contribution in [3.05, 3.63) is 71.0 Å². The number of amides is 2. The third kappa shape index (κ3) is 7.27. The molecule has 0 heterocycles. The molecule has 0 saturated heterocycles. The van der Waals surface area contributed by atoms with E-state index in [1.54, 1.807) is 30.3 Å². The van der Waals surface area contributed by atoms with Crippen LogP contribution in [0.15, 0.2) is 48.5 Å². The monoisotopic (exact) mass is 372 g/mol. The van der Waals surface area contributed by atoms with Crippen LogP contribution >= 0.6 is 0 Å². The number of esters is 1. The van der Waals surface area contributed by atoms with Crippen molar-refractivity contribution in [2.75, 3.05) is 19.7 Å². The van der Waals surface area contributed by atoms with Gasteiger partial charge >= 0.3 is 5.97 Å². The van der Waals surface area contributed by atoms with E-state index in [1.807, 2.05) is 13.0 Å². The summed E-state index contributed by atoms with van der Waals surface area (Å²) in [6, 6.07) is 12.9. The summed E-state index contributed by atoms with van der Waals surface area (Å²) in [5.74, 6) is -1.86. The van der Waals surface area contributed by atoms with Gasteiger partial charge in [-0.2, -0.15) is 0 Å². The van der Waals surface area contributed by atoms with Crippen molar-refractivity contribution in [1.29, 1.82) is 0 Å². The Bertz CT molecular complexity index is 806. The van der Waals surface area contributed by atoms with E-state index in [0.717, 1.165) is 11.1 Å². The van der Waals surface area contributed by atoms with Gasteiger partial charge < -0.3 is 15.4 Å². The maximum Gasteiger partial charge on any atom is 0.325 e. The molecule has 0 aliphatic carbocycles. The highest BCUT2D eigenvalue weighted by Gasteiger charge is 2.10. The van der Waals surface area contributed by atoms with Crippen molar-refractivity contribution in [2.24, 2.45) is 0 Å². The lowest BCUT2D eigenvalue weighted by atomic mass is 10.1. The molecule has 27 heavy (non-hydrogen) atoms. The number of hydrogen-bond acceptors (Lipinski definition) is 4. The minimum Gasteiger partial charge on any atom is -0.454 e. The molecule has 2 aromatic rings. The normalized spacial score (nSPS) is 10.1. The zero-order chi connectivity index (χ0) is 19.6. The van der Waals surface area contributed by atoms with Crippen LogP contribution in [0.3, 0.4) is 0 Å². The molecule has 7 heteroatoms. The summed E-state index contributed by atoms with van der Waals surface area (Å²) in [5, 5.41) is 5.04. The van der Waals surface area contributed by atoms with Crippen LogP contribution < -0.4 is 10.6 Å². The molecule has 0 atom stereocenters. The van der Waals surface area contributed by atoms with Gasteiger partial charge in [0.05, 0.1) is 0 Å². The Morgan fingerprint density at radius 3 is 2.48 bits per heavy atom. The molecule has 6 nitrogen and oxygen atoms in total. The van der Waals surface area contributed by atoms with Gasteiger partial charge in [0.25, 0.3) is 11.8 Å². The highest BCUT2D eigenvalue weighted by atomic mass is 19.1. The van der Waals surface area contributed by atoms with Gasteiger partial charge in [-0.3, -0.25) is 14.4 Å². The number of carbonyl (C=O) groups is 3. The van der Waals surface area contributed by atoms with Gasteiger partial charge in [0, 0.05) is 12.1 Å². The first-order chi connectivity index (χ1) is 12.9. The molecule has 0 aliphatic rings. The molecule has 0 unspecified atom stereocenters. The number of hydrogen-bond donors (Lipinski definition) is 2. The summed E-state index contributed by atoms with van der Waals surface area (Å²) >= 11 is 0. The second-order valence-corrected chi connectivity index (χ2v) is 5.94. The molecule has 142 valence electrons. The first kappa shape index (κ1) is 20.1. The largest absolute Gasteiger partial charge is 0.454 e. The van der Waals surface area contributed by atoms with Crippen LogP contribution in [-0.4, -0.2) is 37.5 Å². The quantitative estimate of drug-likeness (QED) is 0.692. The van der Waals surface area contributed by atoms with Gasteiger partial charge in [-0.05, 0) is 43.2 Å². The first-order valence-electron chi connectivity index (χ1n) is 8.45. The van der Waals surface area contributed by atoms with E-state index < -0.39 is 18.5 Å². The molecule has 0 bridgehead atoms. The van der Waals surface area contributed by atoms with Crippen LogP contribution in [-0.2, 0) is 20.7 Å². The molecule has 0 aromatic heterocycles. The average Bonchev–Trinajstić information content (AvgIpc) is 2.66. The van der Waals surface area contributed by atoms with Crippen molar-refractivity contribution < 1.29 is 23.5 Å². The number of benzene rings is 2. The molecule has 2 N–H and O–H groups in total. The van der Waals surface area contributed by atoms with Crippen molar-refractivity contribution in [3.63, 3.8) is 0 Å². The van der Waals surface area contributed by atoms with Crippen LogP contribution in [0.25, 0.3) is 0 Å². The van der Waals surface area contributed by atoms with Gasteiger partial charge in [-0.1, -0.05) is 29.8 Å². The second-order valence-electron chi connectivity index (χ2n) is 5.94. The Labute approximate surface area is 156 Å². The summed E-state index contributed by atoms with van der Waals surface area (Å²) < 4.78 is 17.6. The van der Waals surface area contributed by atoms with Gasteiger partial charge in [0.1, 0.15) is 12.4 Å². The lowest BCUT2D eigenvalue weighted by Crippen LogP contribution is -2.34. The van der Waals surface area contributed by atoms with Crippen molar-refractivity contribution in [3.8, 4) is 0 Å². The summed E-state index contributed by atoms with van der Waals surface area (Å²) in [6.45, 7) is 1.45. The molecular formula is C20H21FN2O4. The fourth-order valence-corrected chi connectivity index (χ4v) is 2.29. The number of aryl methyl sites for hydroxylation is 1. The number of carbonyl (C=O) groups excluding carboxylic acids is 3. The predicted molar refractivity (Wildman–Crippen MR) is 97.6 cm³/mol. The van der Waals surface area contributed by atoms with Crippen LogP contribution in [0, 0.1) is 12.7 Å². The highest BCUT2D eigenvalue weighted by molar-refractivity contribution is 5.96. The van der Waals surface area contributed by atoms with E-state index >= 15 is 0 Å². The van der Waals surface area contributed by atoms with Gasteiger partial charge in [0.15, 0.2) is 6.61 Å². The second kappa shape index (κ2) is 10.1. The Hall–Kier alpha value is -3.22. The summed E-state index contributed by atoms with van der Waals surface area (Å²) in [6.07, 6.45) is 0.534. The van der Waals surface area contributed by atoms with Gasteiger partial charge in [0.2, 0.25) is 0 Å². The van der Waals surface area contributed by atoms with E-state index in [0.29, 0.717) is 18.5 Å². The summed E-state index contributed by atoms with van der Waals surface area (Å²) in [4.78, 5) is 35.2. The van der Waals surface area contributed by atoms with Crippen LogP contribution in [0.4, 0.5) is 4.39 Å². The Kier molecular flexibility index (Phi) is 7.49. The maximum atomic E-state index is 12.8. The Morgan fingerprint density at radius 2 is 1.78 bits per heavy atom. The standard InChI is InChI=1S/C20H21FN2O4/c1-14-3-2-4-16(11-14)20(26)23-12-19(25)27-13-18(24)22-10-9-15-5-7-17(21)8-6-15/h2-8,11H,9-10,12-13H2,1H3,(H,22,24)(H,23,26). The predicted octanol–water partition coefficient (Wildman–Crippen LogP) is 1.77. The van der Waals surface area contributed by atoms with E-state index in [9.17, 15) is 18.8 Å². The third-order valence-corrected chi connectivity index (χ3v) is 3.69. The molecule has 0 radical (unpaired) electrons. The molecule has 0 aliphatic heterocycles. The molecular weight excluding hydrogens is 351 g/mol. The van der Waals surface area contributed by atoms with E-state index in [4.69, 9.17) is 4.74 Å². The van der Waals surface area contributed by atoms with Crippen molar-refractivity contribution >= 4 is 17.8 Å². The molecule has 0 fully saturated rings. The number of rotatable bonds is 8. The SMILES string of the molecule is Cc1cccc(C(=O)NCC(=O)OCC(=O)NCCc2ccc(F)cc2)c1. The van der Waals surface area contributed by atoms with Gasteiger partial charge in [-0.15, -0.1) is 0 Å². The van der Waals surface area contributed by atoms with Crippen molar-refractivity contribution in [2.45, 2.75) is 13.3 Å². The van der Waals surface area contributed by atoms with Crippen LogP contribution in [0.1, 0.15) is 21.5 Å². The minimum atomic E-state index is -0.704. The minimum absolute atomic E-state index is 0.316. The fraction of sp³-hybridized carbons (Fsp3) is 0.250. The molecule has 0 spiro atoms.